The number of hydrogen-bond donors (Lipinski definition) is 1. The standard InChI is InChI=1S/C36H46N5O5/c1-3-39(4-2)35(43)29-16-13-22-38(26-29)27-30-19-20-33(46-30)34(42)37-21-25-45-36(44)41(40-23-11-6-12-24-40)32-18-10-9-17-31(32)28-14-7-5-8-15-28/h5-10,14-15,17-20,29H,3-4,11-13,16,21-27H2,1-2H3,(H,37,42)/t29-/m1/s1. The lowest BCUT2D eigenvalue weighted by atomic mass is 9.96. The molecule has 2 saturated heterocycles. The molecule has 2 fully saturated rings. The van der Waals surface area contributed by atoms with Crippen molar-refractivity contribution < 1.29 is 23.5 Å². The van der Waals surface area contributed by atoms with Gasteiger partial charge in [-0.3, -0.25) is 14.5 Å². The molecular formula is C36H46N5O5. The molecule has 2 aliphatic rings. The number of carbonyl (C=O) groups excluding carboxylic acids is 3. The highest BCUT2D eigenvalue weighted by molar-refractivity contribution is 5.93. The quantitative estimate of drug-likeness (QED) is 0.260. The number of para-hydroxylation sites is 1. The lowest BCUT2D eigenvalue weighted by Gasteiger charge is -2.37. The van der Waals surface area contributed by atoms with Crippen molar-refractivity contribution >= 4 is 23.6 Å². The number of furan rings is 1. The van der Waals surface area contributed by atoms with Crippen LogP contribution in [0.5, 0.6) is 0 Å². The van der Waals surface area contributed by atoms with Gasteiger partial charge >= 0.3 is 6.09 Å². The van der Waals surface area contributed by atoms with Crippen molar-refractivity contribution in [3.63, 3.8) is 0 Å². The highest BCUT2D eigenvalue weighted by Gasteiger charge is 2.30. The summed E-state index contributed by atoms with van der Waals surface area (Å²) in [6.45, 7) is 9.15. The highest BCUT2D eigenvalue weighted by atomic mass is 16.6. The van der Waals surface area contributed by atoms with Crippen molar-refractivity contribution in [1.82, 2.24) is 20.1 Å². The Bertz CT molecular complexity index is 1430. The maximum absolute atomic E-state index is 13.6. The van der Waals surface area contributed by atoms with Gasteiger partial charge in [0.15, 0.2) is 5.76 Å². The Morgan fingerprint density at radius 1 is 0.935 bits per heavy atom. The van der Waals surface area contributed by atoms with Crippen LogP contribution in [0.4, 0.5) is 10.5 Å². The Morgan fingerprint density at radius 3 is 2.43 bits per heavy atom. The average molecular weight is 629 g/mol. The lowest BCUT2D eigenvalue weighted by molar-refractivity contribution is -0.137. The Morgan fingerprint density at radius 2 is 1.67 bits per heavy atom. The zero-order chi connectivity index (χ0) is 32.3. The molecule has 1 aromatic heterocycles. The van der Waals surface area contributed by atoms with Gasteiger partial charge in [-0.25, -0.2) is 14.8 Å². The van der Waals surface area contributed by atoms with E-state index in [1.807, 2.05) is 84.4 Å². The number of likely N-dealkylation sites (tertiary alicyclic amines) is 1. The van der Waals surface area contributed by atoms with Gasteiger partial charge in [0.25, 0.3) is 5.91 Å². The SMILES string of the molecule is CCN(CC)C(=O)[C@@H]1CCCN(Cc2ccc(C(=O)NCCOC(=O)N(c3ccccc3-c3ccccc3)N3CC[CH]CC3)o2)C1. The minimum atomic E-state index is -0.487. The summed E-state index contributed by atoms with van der Waals surface area (Å²) in [4.78, 5) is 43.4. The van der Waals surface area contributed by atoms with Gasteiger partial charge in [-0.2, -0.15) is 0 Å². The van der Waals surface area contributed by atoms with E-state index in [1.165, 1.54) is 0 Å². The number of hydrazine groups is 1. The fraction of sp³-hybridized carbons (Fsp3) is 0.444. The first kappa shape index (κ1) is 33.2. The van der Waals surface area contributed by atoms with E-state index in [-0.39, 0.29) is 36.6 Å². The molecule has 3 heterocycles. The van der Waals surface area contributed by atoms with Crippen LogP contribution in [-0.2, 0) is 16.1 Å². The minimum absolute atomic E-state index is 0.00918. The number of rotatable bonds is 12. The van der Waals surface area contributed by atoms with E-state index in [0.29, 0.717) is 31.9 Å². The molecule has 2 aromatic carbocycles. The number of benzene rings is 2. The molecule has 0 spiro atoms. The number of amides is 3. The van der Waals surface area contributed by atoms with Gasteiger partial charge in [0.1, 0.15) is 12.4 Å². The van der Waals surface area contributed by atoms with Crippen molar-refractivity contribution in [1.29, 1.82) is 0 Å². The molecule has 10 nitrogen and oxygen atoms in total. The molecule has 3 amide bonds. The summed E-state index contributed by atoms with van der Waals surface area (Å²) < 4.78 is 11.6. The topological polar surface area (TPSA) is 98.6 Å². The van der Waals surface area contributed by atoms with E-state index in [0.717, 1.165) is 62.1 Å². The summed E-state index contributed by atoms with van der Waals surface area (Å²) in [6, 6.07) is 21.3. The van der Waals surface area contributed by atoms with Crippen LogP contribution in [0, 0.1) is 12.3 Å². The smallest absolute Gasteiger partial charge is 0.429 e. The van der Waals surface area contributed by atoms with E-state index >= 15 is 0 Å². The predicted molar refractivity (Wildman–Crippen MR) is 178 cm³/mol. The zero-order valence-corrected chi connectivity index (χ0v) is 27.0. The second kappa shape index (κ2) is 16.4. The molecule has 0 aliphatic carbocycles. The van der Waals surface area contributed by atoms with E-state index in [1.54, 1.807) is 11.1 Å². The third-order valence-electron chi connectivity index (χ3n) is 8.66. The number of hydrogen-bond acceptors (Lipinski definition) is 7. The highest BCUT2D eigenvalue weighted by Crippen LogP contribution is 2.33. The van der Waals surface area contributed by atoms with Gasteiger partial charge in [-0.1, -0.05) is 48.5 Å². The van der Waals surface area contributed by atoms with Gasteiger partial charge in [-0.15, -0.1) is 0 Å². The van der Waals surface area contributed by atoms with Crippen LogP contribution in [-0.4, -0.2) is 85.1 Å². The molecule has 0 bridgehead atoms. The van der Waals surface area contributed by atoms with Crippen LogP contribution >= 0.6 is 0 Å². The van der Waals surface area contributed by atoms with Crippen molar-refractivity contribution in [3.05, 3.63) is 84.7 Å². The van der Waals surface area contributed by atoms with Gasteiger partial charge in [0, 0.05) is 38.3 Å². The predicted octanol–water partition coefficient (Wildman–Crippen LogP) is 5.62. The van der Waals surface area contributed by atoms with E-state index in [2.05, 4.69) is 16.6 Å². The largest absolute Gasteiger partial charge is 0.455 e. The van der Waals surface area contributed by atoms with E-state index < -0.39 is 6.09 Å². The number of ether oxygens (including phenoxy) is 1. The van der Waals surface area contributed by atoms with Crippen molar-refractivity contribution in [3.8, 4) is 11.1 Å². The van der Waals surface area contributed by atoms with Crippen molar-refractivity contribution in [2.45, 2.75) is 46.1 Å². The first-order valence-electron chi connectivity index (χ1n) is 16.5. The van der Waals surface area contributed by atoms with Crippen molar-refractivity contribution in [2.24, 2.45) is 5.92 Å². The molecular weight excluding hydrogens is 582 g/mol. The first-order valence-corrected chi connectivity index (χ1v) is 16.5. The van der Waals surface area contributed by atoms with E-state index in [9.17, 15) is 14.4 Å². The van der Waals surface area contributed by atoms with Gasteiger partial charge in [0.05, 0.1) is 24.7 Å². The molecule has 245 valence electrons. The summed E-state index contributed by atoms with van der Waals surface area (Å²) >= 11 is 0. The maximum Gasteiger partial charge on any atom is 0.429 e. The molecule has 0 unspecified atom stereocenters. The molecule has 1 N–H and O–H groups in total. The summed E-state index contributed by atoms with van der Waals surface area (Å²) in [7, 11) is 0. The number of nitrogens with zero attached hydrogens (tertiary/aromatic N) is 4. The molecule has 0 saturated carbocycles. The zero-order valence-electron chi connectivity index (χ0n) is 27.0. The Hall–Kier alpha value is -4.15. The maximum atomic E-state index is 13.6. The van der Waals surface area contributed by atoms with Crippen LogP contribution in [0.2, 0.25) is 0 Å². The van der Waals surface area contributed by atoms with Crippen molar-refractivity contribution in [2.75, 3.05) is 57.4 Å². The number of piperidine rings is 2. The molecule has 5 rings (SSSR count). The summed E-state index contributed by atoms with van der Waals surface area (Å²) in [6.07, 6.45) is 5.36. The fourth-order valence-electron chi connectivity index (χ4n) is 6.27. The molecule has 1 radical (unpaired) electrons. The second-order valence-corrected chi connectivity index (χ2v) is 11.7. The number of anilines is 1. The van der Waals surface area contributed by atoms with Crippen LogP contribution in [0.1, 0.15) is 55.8 Å². The second-order valence-electron chi connectivity index (χ2n) is 11.7. The Labute approximate surface area is 272 Å². The first-order chi connectivity index (χ1) is 22.5. The third-order valence-corrected chi connectivity index (χ3v) is 8.66. The third kappa shape index (κ3) is 8.35. The minimum Gasteiger partial charge on any atom is -0.455 e. The molecule has 3 aromatic rings. The summed E-state index contributed by atoms with van der Waals surface area (Å²) in [5.41, 5.74) is 2.70. The molecule has 10 heteroatoms. The van der Waals surface area contributed by atoms with Crippen LogP contribution in [0.15, 0.2) is 71.1 Å². The Kier molecular flexibility index (Phi) is 11.9. The number of nitrogens with one attached hydrogen (secondary N) is 1. The monoisotopic (exact) mass is 628 g/mol. The van der Waals surface area contributed by atoms with E-state index in [4.69, 9.17) is 9.15 Å². The summed E-state index contributed by atoms with van der Waals surface area (Å²) in [5, 5.41) is 6.46. The van der Waals surface area contributed by atoms with Gasteiger partial charge in [-0.05, 0) is 76.3 Å². The van der Waals surface area contributed by atoms with Crippen LogP contribution < -0.4 is 10.3 Å². The van der Waals surface area contributed by atoms with Crippen LogP contribution in [0.3, 0.4) is 0 Å². The normalized spacial score (nSPS) is 17.3. The molecule has 1 atom stereocenters. The van der Waals surface area contributed by atoms with Gasteiger partial charge in [0.2, 0.25) is 5.91 Å². The lowest BCUT2D eigenvalue weighted by Crippen LogP contribution is -2.50. The fourth-order valence-corrected chi connectivity index (χ4v) is 6.27. The number of carbonyl (C=O) groups is 3. The average Bonchev–Trinajstić information content (AvgIpc) is 3.57. The Balaban J connectivity index is 1.14. The molecule has 2 aliphatic heterocycles. The van der Waals surface area contributed by atoms with Gasteiger partial charge < -0.3 is 19.4 Å². The summed E-state index contributed by atoms with van der Waals surface area (Å²) in [5.74, 6) is 0.724. The van der Waals surface area contributed by atoms with Crippen LogP contribution in [0.25, 0.3) is 11.1 Å². The molecule has 46 heavy (non-hydrogen) atoms.